The maximum atomic E-state index is 5.34. The Labute approximate surface area is 92.4 Å². The standard InChI is InChI=1S/C13H21NO/c1-4-6-7-13(14-9-5-2)12-8-10-15-11(12)3/h4,8,10,13-14H,1,5-7,9H2,2-3H3. The van der Waals surface area contributed by atoms with Crippen molar-refractivity contribution in [2.45, 2.75) is 39.2 Å². The van der Waals surface area contributed by atoms with E-state index >= 15 is 0 Å². The maximum absolute atomic E-state index is 5.34. The average Bonchev–Trinajstić information content (AvgIpc) is 2.65. The molecule has 84 valence electrons. The van der Waals surface area contributed by atoms with Gasteiger partial charge in [0.15, 0.2) is 0 Å². The van der Waals surface area contributed by atoms with Crippen LogP contribution in [-0.2, 0) is 0 Å². The van der Waals surface area contributed by atoms with Gasteiger partial charge in [0.05, 0.1) is 6.26 Å². The van der Waals surface area contributed by atoms with Crippen LogP contribution < -0.4 is 5.32 Å². The van der Waals surface area contributed by atoms with Gasteiger partial charge in [-0.05, 0) is 38.8 Å². The molecule has 15 heavy (non-hydrogen) atoms. The van der Waals surface area contributed by atoms with E-state index in [4.69, 9.17) is 4.42 Å². The Balaban J connectivity index is 2.62. The van der Waals surface area contributed by atoms with E-state index in [1.807, 2.05) is 13.0 Å². The van der Waals surface area contributed by atoms with Crippen molar-refractivity contribution >= 4 is 0 Å². The van der Waals surface area contributed by atoms with Crippen molar-refractivity contribution in [1.29, 1.82) is 0 Å². The van der Waals surface area contributed by atoms with Gasteiger partial charge in [0, 0.05) is 11.6 Å². The number of allylic oxidation sites excluding steroid dienone is 1. The fraction of sp³-hybridized carbons (Fsp3) is 0.538. The summed E-state index contributed by atoms with van der Waals surface area (Å²) in [6.45, 7) is 9.01. The molecular formula is C13H21NO. The molecule has 2 nitrogen and oxygen atoms in total. The monoisotopic (exact) mass is 207 g/mol. The van der Waals surface area contributed by atoms with Crippen molar-refractivity contribution in [2.24, 2.45) is 0 Å². The van der Waals surface area contributed by atoms with Crippen LogP contribution in [0.5, 0.6) is 0 Å². The molecule has 1 aromatic rings. The predicted octanol–water partition coefficient (Wildman–Crippen LogP) is 3.59. The summed E-state index contributed by atoms with van der Waals surface area (Å²) < 4.78 is 5.34. The summed E-state index contributed by atoms with van der Waals surface area (Å²) >= 11 is 0. The van der Waals surface area contributed by atoms with Gasteiger partial charge in [0.1, 0.15) is 5.76 Å². The first-order valence-corrected chi connectivity index (χ1v) is 5.67. The van der Waals surface area contributed by atoms with Gasteiger partial charge in [0.2, 0.25) is 0 Å². The van der Waals surface area contributed by atoms with Crippen LogP contribution >= 0.6 is 0 Å². The fourth-order valence-electron chi connectivity index (χ4n) is 1.73. The van der Waals surface area contributed by atoms with Gasteiger partial charge in [0.25, 0.3) is 0 Å². The summed E-state index contributed by atoms with van der Waals surface area (Å²) in [6, 6.07) is 2.47. The lowest BCUT2D eigenvalue weighted by Gasteiger charge is -2.17. The van der Waals surface area contributed by atoms with E-state index in [9.17, 15) is 0 Å². The van der Waals surface area contributed by atoms with Crippen molar-refractivity contribution in [3.8, 4) is 0 Å². The molecule has 1 N–H and O–H groups in total. The molecule has 1 atom stereocenters. The summed E-state index contributed by atoms with van der Waals surface area (Å²) in [7, 11) is 0. The minimum atomic E-state index is 0.404. The predicted molar refractivity (Wildman–Crippen MR) is 63.9 cm³/mol. The lowest BCUT2D eigenvalue weighted by Crippen LogP contribution is -2.22. The molecule has 0 aliphatic rings. The van der Waals surface area contributed by atoms with Crippen LogP contribution in [0.1, 0.15) is 43.6 Å². The lowest BCUT2D eigenvalue weighted by atomic mass is 10.0. The summed E-state index contributed by atoms with van der Waals surface area (Å²) in [6.07, 6.45) is 7.01. The first kappa shape index (κ1) is 12.1. The molecule has 1 heterocycles. The lowest BCUT2D eigenvalue weighted by molar-refractivity contribution is 0.478. The number of hydrogen-bond donors (Lipinski definition) is 1. The molecule has 0 aliphatic carbocycles. The maximum Gasteiger partial charge on any atom is 0.105 e. The summed E-state index contributed by atoms with van der Waals surface area (Å²) in [4.78, 5) is 0. The smallest absolute Gasteiger partial charge is 0.105 e. The second-order valence-corrected chi connectivity index (χ2v) is 3.80. The third-order valence-corrected chi connectivity index (χ3v) is 2.57. The zero-order chi connectivity index (χ0) is 11.1. The van der Waals surface area contributed by atoms with E-state index in [2.05, 4.69) is 24.9 Å². The van der Waals surface area contributed by atoms with Gasteiger partial charge in [-0.15, -0.1) is 6.58 Å². The summed E-state index contributed by atoms with van der Waals surface area (Å²) in [5.41, 5.74) is 1.28. The van der Waals surface area contributed by atoms with Gasteiger partial charge >= 0.3 is 0 Å². The minimum absolute atomic E-state index is 0.404. The quantitative estimate of drug-likeness (QED) is 0.691. The van der Waals surface area contributed by atoms with Crippen LogP contribution in [0.4, 0.5) is 0 Å². The Morgan fingerprint density at radius 2 is 2.40 bits per heavy atom. The van der Waals surface area contributed by atoms with Crippen LogP contribution in [0.3, 0.4) is 0 Å². The highest BCUT2D eigenvalue weighted by Gasteiger charge is 2.13. The van der Waals surface area contributed by atoms with Crippen LogP contribution in [0.25, 0.3) is 0 Å². The third kappa shape index (κ3) is 3.56. The highest BCUT2D eigenvalue weighted by molar-refractivity contribution is 5.20. The Bertz CT molecular complexity index is 290. The number of hydrogen-bond acceptors (Lipinski definition) is 2. The zero-order valence-electron chi connectivity index (χ0n) is 9.75. The third-order valence-electron chi connectivity index (χ3n) is 2.57. The van der Waals surface area contributed by atoms with E-state index in [0.717, 1.165) is 31.6 Å². The topological polar surface area (TPSA) is 25.2 Å². The van der Waals surface area contributed by atoms with Crippen molar-refractivity contribution < 1.29 is 4.42 Å². The largest absolute Gasteiger partial charge is 0.469 e. The van der Waals surface area contributed by atoms with Crippen molar-refractivity contribution in [3.63, 3.8) is 0 Å². The second kappa shape index (κ2) is 6.46. The van der Waals surface area contributed by atoms with Crippen molar-refractivity contribution in [2.75, 3.05) is 6.54 Å². The van der Waals surface area contributed by atoms with E-state index in [0.29, 0.717) is 6.04 Å². The Kier molecular flexibility index (Phi) is 5.19. The highest BCUT2D eigenvalue weighted by atomic mass is 16.3. The molecule has 1 aromatic heterocycles. The van der Waals surface area contributed by atoms with Crippen LogP contribution in [0, 0.1) is 6.92 Å². The molecule has 0 saturated carbocycles. The second-order valence-electron chi connectivity index (χ2n) is 3.80. The van der Waals surface area contributed by atoms with Crippen molar-refractivity contribution in [1.82, 2.24) is 5.32 Å². The molecule has 0 bridgehead atoms. The summed E-state index contributed by atoms with van der Waals surface area (Å²) in [5, 5.41) is 3.54. The fourth-order valence-corrected chi connectivity index (χ4v) is 1.73. The molecule has 0 fully saturated rings. The Morgan fingerprint density at radius 1 is 1.60 bits per heavy atom. The Hall–Kier alpha value is -1.02. The molecule has 0 radical (unpaired) electrons. The number of aryl methyl sites for hydroxylation is 1. The van der Waals surface area contributed by atoms with E-state index in [-0.39, 0.29) is 0 Å². The molecular weight excluding hydrogens is 186 g/mol. The molecule has 0 spiro atoms. The molecule has 0 amide bonds. The van der Waals surface area contributed by atoms with Crippen LogP contribution in [0.2, 0.25) is 0 Å². The van der Waals surface area contributed by atoms with E-state index in [1.165, 1.54) is 5.56 Å². The minimum Gasteiger partial charge on any atom is -0.469 e. The molecule has 2 heteroatoms. The van der Waals surface area contributed by atoms with E-state index in [1.54, 1.807) is 6.26 Å². The van der Waals surface area contributed by atoms with E-state index < -0.39 is 0 Å². The number of rotatable bonds is 7. The van der Waals surface area contributed by atoms with Crippen LogP contribution in [0.15, 0.2) is 29.4 Å². The molecule has 0 aromatic carbocycles. The normalized spacial score (nSPS) is 12.7. The summed E-state index contributed by atoms with van der Waals surface area (Å²) in [5.74, 6) is 1.02. The number of furan rings is 1. The zero-order valence-corrected chi connectivity index (χ0v) is 9.75. The molecule has 0 saturated heterocycles. The SMILES string of the molecule is C=CCCC(NCCC)c1ccoc1C. The van der Waals surface area contributed by atoms with Gasteiger partial charge in [-0.1, -0.05) is 13.0 Å². The first-order chi connectivity index (χ1) is 7.29. The molecule has 0 aliphatic heterocycles. The van der Waals surface area contributed by atoms with Gasteiger partial charge < -0.3 is 9.73 Å². The van der Waals surface area contributed by atoms with Gasteiger partial charge in [-0.2, -0.15) is 0 Å². The van der Waals surface area contributed by atoms with Gasteiger partial charge in [-0.25, -0.2) is 0 Å². The number of nitrogens with one attached hydrogen (secondary N) is 1. The van der Waals surface area contributed by atoms with Gasteiger partial charge in [-0.3, -0.25) is 0 Å². The molecule has 1 rings (SSSR count). The highest BCUT2D eigenvalue weighted by Crippen LogP contribution is 2.22. The Morgan fingerprint density at radius 3 is 2.93 bits per heavy atom. The van der Waals surface area contributed by atoms with Crippen molar-refractivity contribution in [3.05, 3.63) is 36.3 Å². The average molecular weight is 207 g/mol. The van der Waals surface area contributed by atoms with Crippen LogP contribution in [-0.4, -0.2) is 6.54 Å². The first-order valence-electron chi connectivity index (χ1n) is 5.67. The molecule has 1 unspecified atom stereocenters.